The summed E-state index contributed by atoms with van der Waals surface area (Å²) in [5.74, 6) is -1.17. The van der Waals surface area contributed by atoms with Gasteiger partial charge in [0.25, 0.3) is 5.91 Å². The van der Waals surface area contributed by atoms with E-state index in [0.29, 0.717) is 11.6 Å². The first-order valence-electron chi connectivity index (χ1n) is 6.76. The second-order valence-corrected chi connectivity index (χ2v) is 6.03. The number of thiazole rings is 1. The molecule has 7 heteroatoms. The molecule has 116 valence electrons. The number of amides is 2. The summed E-state index contributed by atoms with van der Waals surface area (Å²) >= 11 is 1.27. The molecular weight excluding hydrogens is 305 g/mol. The second kappa shape index (κ2) is 7.13. The zero-order valence-corrected chi connectivity index (χ0v) is 13.0. The molecule has 5 nitrogen and oxygen atoms in total. The monoisotopic (exact) mass is 321 g/mol. The van der Waals surface area contributed by atoms with Crippen LogP contribution in [0, 0.1) is 11.7 Å². The average molecular weight is 321 g/mol. The normalized spacial score (nSPS) is 10.5. The van der Waals surface area contributed by atoms with Gasteiger partial charge in [-0.1, -0.05) is 13.8 Å². The standard InChI is InChI=1S/C15H16FN3O2S/c1-9(2)7-13(20)18-12-4-3-10(8-11(12)16)14(21)19-15-17-5-6-22-15/h3-6,8-9H,7H2,1-2H3,(H,18,20)(H,17,19,21). The van der Waals surface area contributed by atoms with E-state index in [1.807, 2.05) is 13.8 Å². The van der Waals surface area contributed by atoms with Gasteiger partial charge in [0.05, 0.1) is 5.69 Å². The second-order valence-electron chi connectivity index (χ2n) is 5.13. The topological polar surface area (TPSA) is 71.1 Å². The molecule has 0 fully saturated rings. The Kier molecular flexibility index (Phi) is 5.21. The highest BCUT2D eigenvalue weighted by atomic mass is 32.1. The number of nitrogens with zero attached hydrogens (tertiary/aromatic N) is 1. The molecule has 1 aromatic carbocycles. The van der Waals surface area contributed by atoms with Gasteiger partial charge >= 0.3 is 0 Å². The lowest BCUT2D eigenvalue weighted by Crippen LogP contribution is -2.16. The summed E-state index contributed by atoms with van der Waals surface area (Å²) < 4.78 is 14.0. The van der Waals surface area contributed by atoms with E-state index in [2.05, 4.69) is 15.6 Å². The zero-order chi connectivity index (χ0) is 16.1. The first kappa shape index (κ1) is 16.1. The molecule has 0 aliphatic rings. The number of hydrogen-bond donors (Lipinski definition) is 2. The largest absolute Gasteiger partial charge is 0.324 e. The minimum atomic E-state index is -0.649. The van der Waals surface area contributed by atoms with E-state index >= 15 is 0 Å². The zero-order valence-electron chi connectivity index (χ0n) is 12.2. The highest BCUT2D eigenvalue weighted by molar-refractivity contribution is 7.13. The highest BCUT2D eigenvalue weighted by Crippen LogP contribution is 2.18. The quantitative estimate of drug-likeness (QED) is 0.885. The van der Waals surface area contributed by atoms with Crippen LogP contribution in [0.25, 0.3) is 0 Å². The van der Waals surface area contributed by atoms with Crippen LogP contribution in [0.3, 0.4) is 0 Å². The van der Waals surface area contributed by atoms with Crippen molar-refractivity contribution in [2.24, 2.45) is 5.92 Å². The molecule has 1 aromatic heterocycles. The Balaban J connectivity index is 2.05. The number of halogens is 1. The highest BCUT2D eigenvalue weighted by Gasteiger charge is 2.13. The fourth-order valence-corrected chi connectivity index (χ4v) is 2.31. The summed E-state index contributed by atoms with van der Waals surface area (Å²) in [5.41, 5.74) is 0.228. The first-order valence-corrected chi connectivity index (χ1v) is 7.64. The Bertz CT molecular complexity index is 671. The van der Waals surface area contributed by atoms with E-state index in [-0.39, 0.29) is 23.1 Å². The van der Waals surface area contributed by atoms with Crippen molar-refractivity contribution >= 4 is 34.0 Å². The van der Waals surface area contributed by atoms with Gasteiger partial charge in [0, 0.05) is 23.6 Å². The summed E-state index contributed by atoms with van der Waals surface area (Å²) in [5, 5.41) is 7.23. The summed E-state index contributed by atoms with van der Waals surface area (Å²) in [6, 6.07) is 3.93. The lowest BCUT2D eigenvalue weighted by Gasteiger charge is -2.09. The molecule has 0 unspecified atom stereocenters. The molecule has 0 aliphatic carbocycles. The Labute approximate surface area is 131 Å². The summed E-state index contributed by atoms with van der Waals surface area (Å²) in [4.78, 5) is 27.5. The third-order valence-electron chi connectivity index (χ3n) is 2.75. The number of nitrogens with one attached hydrogen (secondary N) is 2. The molecule has 0 saturated heterocycles. The molecule has 2 rings (SSSR count). The molecule has 0 bridgehead atoms. The van der Waals surface area contributed by atoms with E-state index in [9.17, 15) is 14.0 Å². The van der Waals surface area contributed by atoms with Crippen molar-refractivity contribution in [1.82, 2.24) is 4.98 Å². The maximum Gasteiger partial charge on any atom is 0.257 e. The number of aromatic nitrogens is 1. The summed E-state index contributed by atoms with van der Waals surface area (Å²) in [7, 11) is 0. The number of benzene rings is 1. The lowest BCUT2D eigenvalue weighted by atomic mass is 10.1. The molecule has 0 spiro atoms. The van der Waals surface area contributed by atoms with E-state index in [4.69, 9.17) is 0 Å². The minimum Gasteiger partial charge on any atom is -0.324 e. The molecule has 0 aliphatic heterocycles. The number of carbonyl (C=O) groups excluding carboxylic acids is 2. The van der Waals surface area contributed by atoms with E-state index in [1.54, 1.807) is 11.6 Å². The Hall–Kier alpha value is -2.28. The maximum absolute atomic E-state index is 14.0. The van der Waals surface area contributed by atoms with E-state index in [1.165, 1.54) is 23.5 Å². The third kappa shape index (κ3) is 4.36. The Morgan fingerprint density at radius 3 is 2.68 bits per heavy atom. The molecule has 1 heterocycles. The van der Waals surface area contributed by atoms with Crippen LogP contribution in [0.5, 0.6) is 0 Å². The minimum absolute atomic E-state index is 0.0662. The van der Waals surface area contributed by atoms with Gasteiger partial charge in [-0.25, -0.2) is 9.37 Å². The molecule has 2 amide bonds. The van der Waals surface area contributed by atoms with Gasteiger partial charge in [-0.15, -0.1) is 11.3 Å². The van der Waals surface area contributed by atoms with E-state index in [0.717, 1.165) is 6.07 Å². The molecule has 0 saturated carbocycles. The van der Waals surface area contributed by atoms with Gasteiger partial charge in [-0.3, -0.25) is 14.9 Å². The molecule has 22 heavy (non-hydrogen) atoms. The van der Waals surface area contributed by atoms with Crippen molar-refractivity contribution in [3.63, 3.8) is 0 Å². The smallest absolute Gasteiger partial charge is 0.257 e. The lowest BCUT2D eigenvalue weighted by molar-refractivity contribution is -0.116. The Morgan fingerprint density at radius 1 is 1.32 bits per heavy atom. The van der Waals surface area contributed by atoms with Crippen LogP contribution in [0.1, 0.15) is 30.6 Å². The van der Waals surface area contributed by atoms with Crippen molar-refractivity contribution in [3.8, 4) is 0 Å². The molecule has 2 aromatic rings. The van der Waals surface area contributed by atoms with Gasteiger partial charge in [0.1, 0.15) is 5.82 Å². The van der Waals surface area contributed by atoms with Gasteiger partial charge in [0.2, 0.25) is 5.91 Å². The van der Waals surface area contributed by atoms with Crippen molar-refractivity contribution < 1.29 is 14.0 Å². The van der Waals surface area contributed by atoms with Crippen LogP contribution in [-0.4, -0.2) is 16.8 Å². The van der Waals surface area contributed by atoms with Crippen molar-refractivity contribution in [3.05, 3.63) is 41.2 Å². The van der Waals surface area contributed by atoms with Gasteiger partial charge < -0.3 is 5.32 Å². The number of anilines is 2. The first-order chi connectivity index (χ1) is 10.5. The van der Waals surface area contributed by atoms with Crippen LogP contribution < -0.4 is 10.6 Å². The SMILES string of the molecule is CC(C)CC(=O)Nc1ccc(C(=O)Nc2nccs2)cc1F. The average Bonchev–Trinajstić information content (AvgIpc) is 2.93. The molecule has 0 radical (unpaired) electrons. The molecular formula is C15H16FN3O2S. The summed E-state index contributed by atoms with van der Waals surface area (Å²) in [6.45, 7) is 3.81. The van der Waals surface area contributed by atoms with Crippen molar-refractivity contribution in [1.29, 1.82) is 0 Å². The number of carbonyl (C=O) groups is 2. The predicted molar refractivity (Wildman–Crippen MR) is 84.6 cm³/mol. The van der Waals surface area contributed by atoms with Crippen molar-refractivity contribution in [2.45, 2.75) is 20.3 Å². The van der Waals surface area contributed by atoms with Crippen LogP contribution in [0.2, 0.25) is 0 Å². The number of rotatable bonds is 5. The maximum atomic E-state index is 14.0. The Morgan fingerprint density at radius 2 is 2.09 bits per heavy atom. The van der Waals surface area contributed by atoms with Crippen LogP contribution in [-0.2, 0) is 4.79 Å². The van der Waals surface area contributed by atoms with Crippen LogP contribution in [0.4, 0.5) is 15.2 Å². The van der Waals surface area contributed by atoms with E-state index < -0.39 is 11.7 Å². The predicted octanol–water partition coefficient (Wildman–Crippen LogP) is 3.52. The van der Waals surface area contributed by atoms with Crippen LogP contribution in [0.15, 0.2) is 29.8 Å². The molecule has 2 N–H and O–H groups in total. The summed E-state index contributed by atoms with van der Waals surface area (Å²) in [6.07, 6.45) is 1.87. The van der Waals surface area contributed by atoms with Crippen molar-refractivity contribution in [2.75, 3.05) is 10.6 Å². The van der Waals surface area contributed by atoms with Crippen LogP contribution >= 0.6 is 11.3 Å². The van der Waals surface area contributed by atoms with Gasteiger partial charge in [-0.05, 0) is 24.1 Å². The molecule has 0 atom stereocenters. The fraction of sp³-hybridized carbons (Fsp3) is 0.267. The fourth-order valence-electron chi connectivity index (χ4n) is 1.78. The number of hydrogen-bond acceptors (Lipinski definition) is 4. The van der Waals surface area contributed by atoms with Gasteiger partial charge in [0.15, 0.2) is 5.13 Å². The third-order valence-corrected chi connectivity index (χ3v) is 3.44. The van der Waals surface area contributed by atoms with Gasteiger partial charge in [-0.2, -0.15) is 0 Å².